The van der Waals surface area contributed by atoms with Crippen LogP contribution >= 0.6 is 0 Å². The van der Waals surface area contributed by atoms with Crippen LogP contribution in [0.4, 0.5) is 0 Å². The average Bonchev–Trinajstić information content (AvgIpc) is 1.94. The highest BCUT2D eigenvalue weighted by atomic mass is 14.9. The second kappa shape index (κ2) is 3.57. The predicted octanol–water partition coefficient (Wildman–Crippen LogP) is 2.38. The standard InChI is InChI=1S/C10H20N/c1-4-5-9-6-7-11-8-10(9,2)3/h11H,4-8H2,1-3H3. The Morgan fingerprint density at radius 1 is 1.45 bits per heavy atom. The topological polar surface area (TPSA) is 12.0 Å². The van der Waals surface area contributed by atoms with Crippen molar-refractivity contribution in [1.29, 1.82) is 0 Å². The van der Waals surface area contributed by atoms with Crippen molar-refractivity contribution >= 4 is 0 Å². The Morgan fingerprint density at radius 3 is 2.73 bits per heavy atom. The molecule has 0 aromatic heterocycles. The van der Waals surface area contributed by atoms with E-state index in [9.17, 15) is 0 Å². The lowest BCUT2D eigenvalue weighted by molar-refractivity contribution is 0.284. The fraction of sp³-hybridized carbons (Fsp3) is 0.900. The van der Waals surface area contributed by atoms with Crippen molar-refractivity contribution in [1.82, 2.24) is 5.32 Å². The van der Waals surface area contributed by atoms with Gasteiger partial charge in [-0.05, 0) is 30.7 Å². The molecular formula is C10H20N. The van der Waals surface area contributed by atoms with E-state index in [2.05, 4.69) is 26.1 Å². The smallest absolute Gasteiger partial charge is 0.000806 e. The van der Waals surface area contributed by atoms with E-state index in [4.69, 9.17) is 0 Å². The van der Waals surface area contributed by atoms with Gasteiger partial charge in [-0.1, -0.05) is 27.2 Å². The maximum Gasteiger partial charge on any atom is 0.000806 e. The molecule has 0 aromatic carbocycles. The lowest BCUT2D eigenvalue weighted by atomic mass is 9.72. The Balaban J connectivity index is 2.45. The Morgan fingerprint density at radius 2 is 2.18 bits per heavy atom. The molecule has 1 aliphatic heterocycles. The normalized spacial score (nSPS) is 25.4. The SMILES string of the molecule is CCC[C]1CCNCC1(C)C. The molecule has 1 N–H and O–H groups in total. The van der Waals surface area contributed by atoms with E-state index in [0.29, 0.717) is 5.41 Å². The summed E-state index contributed by atoms with van der Waals surface area (Å²) in [5.41, 5.74) is 0.453. The summed E-state index contributed by atoms with van der Waals surface area (Å²) in [4.78, 5) is 0. The molecule has 1 saturated heterocycles. The van der Waals surface area contributed by atoms with Crippen LogP contribution in [0.1, 0.15) is 40.0 Å². The van der Waals surface area contributed by atoms with E-state index in [0.717, 1.165) is 0 Å². The monoisotopic (exact) mass is 154 g/mol. The maximum absolute atomic E-state index is 3.44. The minimum Gasteiger partial charge on any atom is -0.316 e. The van der Waals surface area contributed by atoms with Crippen molar-refractivity contribution in [2.45, 2.75) is 40.0 Å². The van der Waals surface area contributed by atoms with Gasteiger partial charge in [-0.2, -0.15) is 0 Å². The van der Waals surface area contributed by atoms with E-state index in [1.54, 1.807) is 5.92 Å². The molecule has 1 heterocycles. The van der Waals surface area contributed by atoms with Crippen LogP contribution in [0.25, 0.3) is 0 Å². The lowest BCUT2D eigenvalue weighted by Crippen LogP contribution is -2.41. The van der Waals surface area contributed by atoms with Crippen LogP contribution in [0.15, 0.2) is 0 Å². The third kappa shape index (κ3) is 2.19. The van der Waals surface area contributed by atoms with E-state index in [-0.39, 0.29) is 0 Å². The van der Waals surface area contributed by atoms with Crippen LogP contribution in [0.3, 0.4) is 0 Å². The van der Waals surface area contributed by atoms with Crippen LogP contribution in [0.5, 0.6) is 0 Å². The number of hydrogen-bond acceptors (Lipinski definition) is 1. The number of nitrogens with one attached hydrogen (secondary N) is 1. The van der Waals surface area contributed by atoms with Crippen molar-refractivity contribution in [2.75, 3.05) is 13.1 Å². The molecule has 1 radical (unpaired) electrons. The Labute approximate surface area is 70.6 Å². The van der Waals surface area contributed by atoms with Crippen molar-refractivity contribution in [2.24, 2.45) is 5.41 Å². The van der Waals surface area contributed by atoms with Crippen LogP contribution in [0, 0.1) is 11.3 Å². The summed E-state index contributed by atoms with van der Waals surface area (Å²) in [7, 11) is 0. The molecule has 0 bridgehead atoms. The van der Waals surface area contributed by atoms with Crippen LogP contribution in [-0.4, -0.2) is 13.1 Å². The summed E-state index contributed by atoms with van der Waals surface area (Å²) in [6, 6.07) is 0. The largest absolute Gasteiger partial charge is 0.316 e. The highest BCUT2D eigenvalue weighted by Gasteiger charge is 2.31. The minimum absolute atomic E-state index is 0.453. The molecule has 0 aliphatic carbocycles. The second-order valence-corrected chi connectivity index (χ2v) is 4.16. The molecule has 1 aliphatic rings. The molecule has 1 rings (SSSR count). The molecule has 0 atom stereocenters. The highest BCUT2D eigenvalue weighted by Crippen LogP contribution is 2.36. The van der Waals surface area contributed by atoms with Gasteiger partial charge in [-0.15, -0.1) is 0 Å². The fourth-order valence-corrected chi connectivity index (χ4v) is 1.87. The zero-order valence-corrected chi connectivity index (χ0v) is 8.04. The molecule has 0 saturated carbocycles. The molecular weight excluding hydrogens is 134 g/mol. The van der Waals surface area contributed by atoms with Gasteiger partial charge in [0.15, 0.2) is 0 Å². The molecule has 1 fully saturated rings. The van der Waals surface area contributed by atoms with Crippen LogP contribution in [0.2, 0.25) is 0 Å². The van der Waals surface area contributed by atoms with Gasteiger partial charge >= 0.3 is 0 Å². The van der Waals surface area contributed by atoms with Gasteiger partial charge in [0.2, 0.25) is 0 Å². The first-order valence-corrected chi connectivity index (χ1v) is 4.72. The second-order valence-electron chi connectivity index (χ2n) is 4.16. The molecule has 11 heavy (non-hydrogen) atoms. The third-order valence-corrected chi connectivity index (χ3v) is 2.68. The fourth-order valence-electron chi connectivity index (χ4n) is 1.87. The van der Waals surface area contributed by atoms with Gasteiger partial charge in [-0.25, -0.2) is 0 Å². The number of piperidine rings is 1. The molecule has 65 valence electrons. The third-order valence-electron chi connectivity index (χ3n) is 2.68. The molecule has 0 unspecified atom stereocenters. The van der Waals surface area contributed by atoms with Crippen molar-refractivity contribution in [3.63, 3.8) is 0 Å². The van der Waals surface area contributed by atoms with Gasteiger partial charge in [0, 0.05) is 6.54 Å². The Hall–Kier alpha value is -0.0400. The summed E-state index contributed by atoms with van der Waals surface area (Å²) < 4.78 is 0. The molecule has 0 aromatic rings. The summed E-state index contributed by atoms with van der Waals surface area (Å²) in [5.74, 6) is 1.76. The lowest BCUT2D eigenvalue weighted by Gasteiger charge is -2.38. The highest BCUT2D eigenvalue weighted by molar-refractivity contribution is 5.06. The zero-order chi connectivity index (χ0) is 8.32. The van der Waals surface area contributed by atoms with Crippen molar-refractivity contribution in [3.8, 4) is 0 Å². The number of hydrogen-bond donors (Lipinski definition) is 1. The number of rotatable bonds is 2. The van der Waals surface area contributed by atoms with Crippen LogP contribution in [-0.2, 0) is 0 Å². The van der Waals surface area contributed by atoms with Gasteiger partial charge in [0.25, 0.3) is 0 Å². The Kier molecular flexibility index (Phi) is 2.94. The van der Waals surface area contributed by atoms with E-state index >= 15 is 0 Å². The van der Waals surface area contributed by atoms with E-state index in [1.165, 1.54) is 32.4 Å². The minimum atomic E-state index is 0.453. The first kappa shape index (κ1) is 9.05. The quantitative estimate of drug-likeness (QED) is 0.644. The molecule has 1 heteroatoms. The first-order valence-electron chi connectivity index (χ1n) is 4.72. The molecule has 0 spiro atoms. The average molecular weight is 154 g/mol. The van der Waals surface area contributed by atoms with Gasteiger partial charge in [0.05, 0.1) is 0 Å². The van der Waals surface area contributed by atoms with E-state index < -0.39 is 0 Å². The summed E-state index contributed by atoms with van der Waals surface area (Å²) in [5, 5.41) is 3.44. The van der Waals surface area contributed by atoms with Gasteiger partial charge in [0.1, 0.15) is 0 Å². The summed E-state index contributed by atoms with van der Waals surface area (Å²) in [6.07, 6.45) is 3.92. The molecule has 1 nitrogen and oxygen atoms in total. The Bertz CT molecular complexity index is 116. The van der Waals surface area contributed by atoms with Crippen molar-refractivity contribution in [3.05, 3.63) is 5.92 Å². The summed E-state index contributed by atoms with van der Waals surface area (Å²) in [6.45, 7) is 9.33. The zero-order valence-electron chi connectivity index (χ0n) is 8.04. The van der Waals surface area contributed by atoms with Crippen molar-refractivity contribution < 1.29 is 0 Å². The maximum atomic E-state index is 3.44. The molecule has 0 amide bonds. The predicted molar refractivity (Wildman–Crippen MR) is 49.4 cm³/mol. The summed E-state index contributed by atoms with van der Waals surface area (Å²) >= 11 is 0. The van der Waals surface area contributed by atoms with Gasteiger partial charge in [-0.3, -0.25) is 0 Å². The van der Waals surface area contributed by atoms with Gasteiger partial charge < -0.3 is 5.32 Å². The van der Waals surface area contributed by atoms with Crippen LogP contribution < -0.4 is 5.32 Å². The van der Waals surface area contributed by atoms with E-state index in [1.807, 2.05) is 0 Å². The first-order chi connectivity index (χ1) is 5.17.